The maximum atomic E-state index is 13.5. The lowest BCUT2D eigenvalue weighted by molar-refractivity contribution is -0.128. The molecule has 0 radical (unpaired) electrons. The summed E-state index contributed by atoms with van der Waals surface area (Å²) in [7, 11) is 0. The molecule has 0 spiro atoms. The molecular formula is C25H22ClN3O5S. The molecule has 0 fully saturated rings. The number of halogens is 1. The smallest absolute Gasteiger partial charge is 0.359 e. The minimum Gasteiger partial charge on any atom is -0.478 e. The first-order valence-electron chi connectivity index (χ1n) is 10.7. The van der Waals surface area contributed by atoms with E-state index < -0.39 is 23.0 Å². The van der Waals surface area contributed by atoms with E-state index in [9.17, 15) is 14.4 Å². The van der Waals surface area contributed by atoms with Gasteiger partial charge in [0, 0.05) is 15.8 Å². The van der Waals surface area contributed by atoms with Crippen LogP contribution in [0.25, 0.3) is 16.5 Å². The molecule has 2 aromatic heterocycles. The fraction of sp³-hybridized carbons (Fsp3) is 0.200. The van der Waals surface area contributed by atoms with Crippen molar-refractivity contribution in [1.82, 2.24) is 9.78 Å². The van der Waals surface area contributed by atoms with Crippen LogP contribution in [0.15, 0.2) is 64.8 Å². The predicted octanol–water partition coefficient (Wildman–Crippen LogP) is 5.07. The molecule has 0 saturated heterocycles. The topological polar surface area (TPSA) is 99.5 Å². The minimum atomic E-state index is -1.28. The van der Waals surface area contributed by atoms with Crippen LogP contribution >= 0.6 is 22.9 Å². The normalized spacial score (nSPS) is 11.3. The van der Waals surface area contributed by atoms with Gasteiger partial charge < -0.3 is 14.8 Å². The quantitative estimate of drug-likeness (QED) is 0.348. The molecule has 0 atom stereocenters. The molecule has 4 aromatic rings. The molecule has 1 N–H and O–H groups in total. The van der Waals surface area contributed by atoms with Crippen LogP contribution in [-0.4, -0.2) is 33.9 Å². The van der Waals surface area contributed by atoms with E-state index in [1.165, 1.54) is 0 Å². The van der Waals surface area contributed by atoms with Crippen LogP contribution in [0.1, 0.15) is 31.3 Å². The van der Waals surface area contributed by atoms with Crippen molar-refractivity contribution in [3.63, 3.8) is 0 Å². The molecular weight excluding hydrogens is 490 g/mol. The van der Waals surface area contributed by atoms with Crippen molar-refractivity contribution in [2.24, 2.45) is 0 Å². The van der Waals surface area contributed by atoms with E-state index in [4.69, 9.17) is 21.1 Å². The highest BCUT2D eigenvalue weighted by molar-refractivity contribution is 7.16. The highest BCUT2D eigenvalue weighted by atomic mass is 35.5. The number of fused-ring (bicyclic) bond motifs is 1. The number of nitrogens with one attached hydrogen (secondary N) is 1. The Morgan fingerprint density at radius 3 is 2.46 bits per heavy atom. The number of carbonyl (C=O) groups excluding carboxylic acids is 2. The van der Waals surface area contributed by atoms with Crippen LogP contribution in [0.5, 0.6) is 5.75 Å². The fourth-order valence-electron chi connectivity index (χ4n) is 3.33. The van der Waals surface area contributed by atoms with E-state index in [0.717, 1.165) is 16.0 Å². The van der Waals surface area contributed by atoms with E-state index in [1.54, 1.807) is 80.7 Å². The van der Waals surface area contributed by atoms with Gasteiger partial charge in [-0.1, -0.05) is 29.8 Å². The summed E-state index contributed by atoms with van der Waals surface area (Å²) in [5.41, 5.74) is -1.30. The van der Waals surface area contributed by atoms with Crippen molar-refractivity contribution >= 4 is 50.6 Å². The molecule has 0 aliphatic rings. The summed E-state index contributed by atoms with van der Waals surface area (Å²) >= 11 is 7.04. The van der Waals surface area contributed by atoms with Crippen molar-refractivity contribution in [3.05, 3.63) is 81.0 Å². The number of esters is 1. The standard InChI is InChI=1S/C25H22ClN3O5S/c1-4-33-23(31)20-18-14-35-21(19(18)22(30)29(28-20)16-8-6-5-7-9-16)27-24(32)25(2,3)34-17-12-10-15(26)11-13-17/h5-14H,4H2,1-3H3,(H,27,32). The summed E-state index contributed by atoms with van der Waals surface area (Å²) in [5.74, 6) is -0.675. The molecule has 0 unspecified atom stereocenters. The van der Waals surface area contributed by atoms with Gasteiger partial charge >= 0.3 is 5.97 Å². The Morgan fingerprint density at radius 2 is 1.80 bits per heavy atom. The van der Waals surface area contributed by atoms with Gasteiger partial charge in [0.15, 0.2) is 11.3 Å². The van der Waals surface area contributed by atoms with Crippen molar-refractivity contribution in [2.75, 3.05) is 11.9 Å². The Labute approximate surface area is 210 Å². The number of anilines is 1. The van der Waals surface area contributed by atoms with E-state index >= 15 is 0 Å². The number of aromatic nitrogens is 2. The van der Waals surface area contributed by atoms with Gasteiger partial charge in [-0.25, -0.2) is 4.79 Å². The molecule has 35 heavy (non-hydrogen) atoms. The van der Waals surface area contributed by atoms with Gasteiger partial charge in [-0.2, -0.15) is 9.78 Å². The summed E-state index contributed by atoms with van der Waals surface area (Å²) in [6.45, 7) is 5.06. The number of amides is 1. The van der Waals surface area contributed by atoms with Gasteiger partial charge in [-0.05, 0) is 57.2 Å². The largest absolute Gasteiger partial charge is 0.478 e. The van der Waals surface area contributed by atoms with Crippen LogP contribution in [0.4, 0.5) is 5.00 Å². The van der Waals surface area contributed by atoms with Crippen LogP contribution in [0.3, 0.4) is 0 Å². The second-order valence-corrected chi connectivity index (χ2v) is 9.31. The SMILES string of the molecule is CCOC(=O)c1nn(-c2ccccc2)c(=O)c2c(NC(=O)C(C)(C)Oc3ccc(Cl)cc3)scc12. The zero-order valence-corrected chi connectivity index (χ0v) is 20.8. The molecule has 0 aliphatic heterocycles. The first-order valence-corrected chi connectivity index (χ1v) is 12.0. The zero-order valence-electron chi connectivity index (χ0n) is 19.2. The molecule has 4 rings (SSSR count). The van der Waals surface area contributed by atoms with E-state index in [-0.39, 0.29) is 22.7 Å². The highest BCUT2D eigenvalue weighted by Gasteiger charge is 2.32. The third kappa shape index (κ3) is 5.06. The van der Waals surface area contributed by atoms with Crippen molar-refractivity contribution in [1.29, 1.82) is 0 Å². The van der Waals surface area contributed by atoms with E-state index in [0.29, 0.717) is 21.8 Å². The van der Waals surface area contributed by atoms with Crippen molar-refractivity contribution < 1.29 is 19.1 Å². The van der Waals surface area contributed by atoms with Crippen LogP contribution in [-0.2, 0) is 9.53 Å². The average Bonchev–Trinajstić information content (AvgIpc) is 3.25. The fourth-order valence-corrected chi connectivity index (χ4v) is 4.39. The number of hydrogen-bond acceptors (Lipinski definition) is 7. The van der Waals surface area contributed by atoms with Crippen LogP contribution < -0.4 is 15.6 Å². The summed E-state index contributed by atoms with van der Waals surface area (Å²) in [6, 6.07) is 15.3. The Balaban J connectivity index is 1.76. The summed E-state index contributed by atoms with van der Waals surface area (Å²) in [5, 5.41) is 9.96. The molecule has 10 heteroatoms. The van der Waals surface area contributed by atoms with Gasteiger partial charge in [0.25, 0.3) is 11.5 Å². The third-order valence-corrected chi connectivity index (χ3v) is 6.23. The molecule has 0 saturated carbocycles. The second-order valence-electron chi connectivity index (χ2n) is 8.00. The number of carbonyl (C=O) groups is 2. The molecule has 1 amide bonds. The molecule has 2 aromatic carbocycles. The number of para-hydroxylation sites is 1. The Morgan fingerprint density at radius 1 is 1.11 bits per heavy atom. The van der Waals surface area contributed by atoms with Gasteiger partial charge in [0.2, 0.25) is 0 Å². The molecule has 2 heterocycles. The Bertz CT molecular complexity index is 1450. The molecule has 0 aliphatic carbocycles. The van der Waals surface area contributed by atoms with Crippen LogP contribution in [0.2, 0.25) is 5.02 Å². The zero-order chi connectivity index (χ0) is 25.2. The first-order chi connectivity index (χ1) is 16.7. The summed E-state index contributed by atoms with van der Waals surface area (Å²) in [6.07, 6.45) is 0. The first kappa shape index (κ1) is 24.4. The van der Waals surface area contributed by atoms with Gasteiger partial charge in [0.05, 0.1) is 17.7 Å². The summed E-state index contributed by atoms with van der Waals surface area (Å²) in [4.78, 5) is 39.3. The number of ether oxygens (including phenoxy) is 2. The number of nitrogens with zero attached hydrogens (tertiary/aromatic N) is 2. The van der Waals surface area contributed by atoms with Crippen molar-refractivity contribution in [2.45, 2.75) is 26.4 Å². The number of hydrogen-bond donors (Lipinski definition) is 1. The van der Waals surface area contributed by atoms with E-state index in [2.05, 4.69) is 10.4 Å². The highest BCUT2D eigenvalue weighted by Crippen LogP contribution is 2.32. The van der Waals surface area contributed by atoms with Gasteiger partial charge in [0.1, 0.15) is 10.8 Å². The number of thiophene rings is 1. The lowest BCUT2D eigenvalue weighted by Gasteiger charge is -2.25. The predicted molar refractivity (Wildman–Crippen MR) is 136 cm³/mol. The number of benzene rings is 2. The van der Waals surface area contributed by atoms with Gasteiger partial charge in [-0.15, -0.1) is 11.3 Å². The lowest BCUT2D eigenvalue weighted by Crippen LogP contribution is -2.42. The van der Waals surface area contributed by atoms with Gasteiger partial charge in [-0.3, -0.25) is 9.59 Å². The molecule has 0 bridgehead atoms. The number of rotatable bonds is 7. The van der Waals surface area contributed by atoms with E-state index in [1.807, 2.05) is 0 Å². The molecule has 180 valence electrons. The second kappa shape index (κ2) is 9.89. The van der Waals surface area contributed by atoms with Crippen molar-refractivity contribution in [3.8, 4) is 11.4 Å². The minimum absolute atomic E-state index is 0.0151. The molecule has 8 nitrogen and oxygen atoms in total. The maximum absolute atomic E-state index is 13.5. The third-order valence-electron chi connectivity index (χ3n) is 5.08. The monoisotopic (exact) mass is 511 g/mol. The van der Waals surface area contributed by atoms with Crippen LogP contribution in [0, 0.1) is 0 Å². The average molecular weight is 512 g/mol. The summed E-state index contributed by atoms with van der Waals surface area (Å²) < 4.78 is 12.1. The maximum Gasteiger partial charge on any atom is 0.359 e. The Hall–Kier alpha value is -3.69. The lowest BCUT2D eigenvalue weighted by atomic mass is 10.1. The Kier molecular flexibility index (Phi) is 6.90.